The number of aliphatic hydroxyl groups is 2. The van der Waals surface area contributed by atoms with Crippen LogP contribution in [0, 0.1) is 18.7 Å². The second-order valence-electron chi connectivity index (χ2n) is 12.3. The van der Waals surface area contributed by atoms with Crippen LogP contribution in [0.5, 0.6) is 0 Å². The highest BCUT2D eigenvalue weighted by Crippen LogP contribution is 2.48. The maximum atomic E-state index is 15.1. The summed E-state index contributed by atoms with van der Waals surface area (Å²) in [6, 6.07) is 3.28. The molecule has 1 fully saturated rings. The highest BCUT2D eigenvalue weighted by atomic mass is 19.1. The molecular weight excluding hydrogens is 525 g/mol. The Morgan fingerprint density at radius 3 is 2.78 bits per heavy atom. The summed E-state index contributed by atoms with van der Waals surface area (Å²) in [6.45, 7) is 5.42. The average molecular weight is 562 g/mol. The number of rotatable bonds is 7. The van der Waals surface area contributed by atoms with Crippen molar-refractivity contribution in [1.82, 2.24) is 14.9 Å². The van der Waals surface area contributed by atoms with Gasteiger partial charge in [-0.1, -0.05) is 13.3 Å². The van der Waals surface area contributed by atoms with Gasteiger partial charge in [0.2, 0.25) is 0 Å². The molecule has 0 amide bonds. The first-order valence-corrected chi connectivity index (χ1v) is 14.9. The normalized spacial score (nSPS) is 24.6. The smallest absolute Gasteiger partial charge is 0.257 e. The number of Topliss-reactive ketones (excluding diaryl/α,β-unsaturated/α-hetero) is 1. The fourth-order valence-electron chi connectivity index (χ4n) is 7.46. The molecular formula is C32H36FN3O5. The molecule has 8 nitrogen and oxygen atoms in total. The van der Waals surface area contributed by atoms with Crippen LogP contribution in [0.15, 0.2) is 16.9 Å². The zero-order valence-electron chi connectivity index (χ0n) is 23.6. The number of nitrogens with zero attached hydrogens (tertiary/aromatic N) is 2. The van der Waals surface area contributed by atoms with Crippen LogP contribution in [0.3, 0.4) is 0 Å². The molecule has 1 saturated heterocycles. The third-order valence-electron chi connectivity index (χ3n) is 10.1. The molecule has 3 atom stereocenters. The van der Waals surface area contributed by atoms with Gasteiger partial charge in [-0.15, -0.1) is 0 Å². The first-order valence-electron chi connectivity index (χ1n) is 14.9. The Bertz CT molecular complexity index is 1660. The number of aryl methyl sites for hydroxylation is 1. The predicted molar refractivity (Wildman–Crippen MR) is 151 cm³/mol. The van der Waals surface area contributed by atoms with Gasteiger partial charge in [0.05, 0.1) is 30.1 Å². The number of unbranched alkanes of at least 4 members (excludes halogenated alkanes) is 1. The largest absolute Gasteiger partial charge is 0.380 e. The van der Waals surface area contributed by atoms with Gasteiger partial charge in [-0.05, 0) is 67.7 Å². The Hall–Kier alpha value is -2.98. The van der Waals surface area contributed by atoms with E-state index in [-0.39, 0.29) is 36.2 Å². The zero-order valence-corrected chi connectivity index (χ0v) is 23.6. The topological polar surface area (TPSA) is 114 Å². The van der Waals surface area contributed by atoms with Crippen molar-refractivity contribution < 1.29 is 24.1 Å². The standard InChI is InChI=1S/C32H36FN3O5/c1-3-32(40)22-10-25-29-20(14-36(25)30(38)21(22)15-41-31(32)39)27-17(6-4-5-7-26(37)18-12-34-13-18)8-9-19-16(2)23(33)11-24(35-29)28(19)27/h10-11,17-18,31,34,39-40H,3-9,12-15H2,1-2H3/t17-,31?,32-/m1/s1. The molecule has 5 heterocycles. The number of hydrogen-bond donors (Lipinski definition) is 3. The minimum atomic E-state index is -1.71. The van der Waals surface area contributed by atoms with E-state index < -0.39 is 11.9 Å². The Morgan fingerprint density at radius 2 is 2.05 bits per heavy atom. The number of nitrogens with one attached hydrogen (secondary N) is 1. The van der Waals surface area contributed by atoms with Crippen LogP contribution in [0.2, 0.25) is 0 Å². The molecule has 216 valence electrons. The lowest BCUT2D eigenvalue weighted by Crippen LogP contribution is -2.47. The van der Waals surface area contributed by atoms with Crippen molar-refractivity contribution in [2.75, 3.05) is 13.1 Å². The second kappa shape index (κ2) is 9.80. The van der Waals surface area contributed by atoms with Gasteiger partial charge in [0.15, 0.2) is 6.29 Å². The Morgan fingerprint density at radius 1 is 1.24 bits per heavy atom. The van der Waals surface area contributed by atoms with Crippen LogP contribution in [-0.2, 0) is 34.7 Å². The molecule has 7 rings (SSSR count). The molecule has 41 heavy (non-hydrogen) atoms. The maximum Gasteiger partial charge on any atom is 0.257 e. The Kier molecular flexibility index (Phi) is 6.43. The number of benzene rings is 1. The molecule has 3 N–H and O–H groups in total. The minimum Gasteiger partial charge on any atom is -0.380 e. The molecule has 3 aliphatic heterocycles. The molecule has 9 heteroatoms. The number of aliphatic hydroxyl groups excluding tert-OH is 1. The fraction of sp³-hybridized carbons (Fsp3) is 0.531. The summed E-state index contributed by atoms with van der Waals surface area (Å²) in [4.78, 5) is 31.1. The Balaban J connectivity index is 1.32. The number of hydrogen-bond acceptors (Lipinski definition) is 7. The number of carbonyl (C=O) groups excluding carboxylic acids is 1. The molecule has 3 aromatic rings. The van der Waals surface area contributed by atoms with Gasteiger partial charge in [-0.3, -0.25) is 9.59 Å². The van der Waals surface area contributed by atoms with E-state index in [0.29, 0.717) is 52.3 Å². The molecule has 1 aromatic carbocycles. The van der Waals surface area contributed by atoms with Crippen LogP contribution in [0.1, 0.15) is 84.7 Å². The van der Waals surface area contributed by atoms with Crippen LogP contribution in [-0.4, -0.2) is 44.9 Å². The molecule has 0 bridgehead atoms. The van der Waals surface area contributed by atoms with Gasteiger partial charge in [-0.25, -0.2) is 9.37 Å². The summed E-state index contributed by atoms with van der Waals surface area (Å²) in [6.07, 6.45) is 3.66. The minimum absolute atomic E-state index is 0.0800. The van der Waals surface area contributed by atoms with Crippen molar-refractivity contribution in [1.29, 1.82) is 0 Å². The lowest BCUT2D eigenvalue weighted by molar-refractivity contribution is -0.236. The summed E-state index contributed by atoms with van der Waals surface area (Å²) in [7, 11) is 0. The highest BCUT2D eigenvalue weighted by molar-refractivity contribution is 5.93. The van der Waals surface area contributed by atoms with Crippen molar-refractivity contribution in [2.24, 2.45) is 5.92 Å². The van der Waals surface area contributed by atoms with Crippen molar-refractivity contribution >= 4 is 16.7 Å². The van der Waals surface area contributed by atoms with E-state index in [2.05, 4.69) is 5.32 Å². The molecule has 0 saturated carbocycles. The first-order chi connectivity index (χ1) is 19.7. The SMILES string of the molecule is CC[C@@]1(O)c2cc3n(c(=O)c2COC1O)Cc1c-3nc2cc(F)c(C)c3c2c1[C@H](CCCCC(=O)C1CNC1)CC3. The van der Waals surface area contributed by atoms with Gasteiger partial charge in [0.25, 0.3) is 5.56 Å². The van der Waals surface area contributed by atoms with Gasteiger partial charge >= 0.3 is 0 Å². The lowest BCUT2D eigenvalue weighted by atomic mass is 9.76. The average Bonchev–Trinajstić information content (AvgIpc) is 3.30. The second-order valence-corrected chi connectivity index (χ2v) is 12.3. The highest BCUT2D eigenvalue weighted by Gasteiger charge is 2.45. The van der Waals surface area contributed by atoms with Crippen molar-refractivity contribution in [3.63, 3.8) is 0 Å². The van der Waals surface area contributed by atoms with Crippen molar-refractivity contribution in [3.05, 3.63) is 61.7 Å². The van der Waals surface area contributed by atoms with E-state index in [1.165, 1.54) is 6.07 Å². The van der Waals surface area contributed by atoms with E-state index in [4.69, 9.17) is 9.72 Å². The summed E-state index contributed by atoms with van der Waals surface area (Å²) in [5.41, 5.74) is 4.33. The Labute approximate surface area is 237 Å². The molecule has 2 aromatic heterocycles. The number of aromatic nitrogens is 2. The van der Waals surface area contributed by atoms with Gasteiger partial charge in [0, 0.05) is 53.6 Å². The zero-order chi connectivity index (χ0) is 28.6. The maximum absolute atomic E-state index is 15.1. The monoisotopic (exact) mass is 561 g/mol. The van der Waals surface area contributed by atoms with E-state index in [9.17, 15) is 19.8 Å². The molecule has 1 aliphatic carbocycles. The van der Waals surface area contributed by atoms with Crippen molar-refractivity contribution in [2.45, 2.75) is 89.8 Å². The third kappa shape index (κ3) is 3.96. The van der Waals surface area contributed by atoms with Gasteiger partial charge in [-0.2, -0.15) is 0 Å². The van der Waals surface area contributed by atoms with Crippen LogP contribution in [0.25, 0.3) is 22.3 Å². The van der Waals surface area contributed by atoms with E-state index in [1.54, 1.807) is 17.6 Å². The summed E-state index contributed by atoms with van der Waals surface area (Å²) in [5.74, 6) is 0.437. The third-order valence-corrected chi connectivity index (χ3v) is 10.1. The fourth-order valence-corrected chi connectivity index (χ4v) is 7.46. The number of halogens is 1. The van der Waals surface area contributed by atoms with Gasteiger partial charge in [0.1, 0.15) is 17.2 Å². The number of ketones is 1. The summed E-state index contributed by atoms with van der Waals surface area (Å²) in [5, 5.41) is 26.0. The first kappa shape index (κ1) is 26.9. The molecule has 1 unspecified atom stereocenters. The number of carbonyl (C=O) groups is 1. The van der Waals surface area contributed by atoms with Crippen LogP contribution in [0.4, 0.5) is 4.39 Å². The van der Waals surface area contributed by atoms with Crippen molar-refractivity contribution in [3.8, 4) is 11.4 Å². The summed E-state index contributed by atoms with van der Waals surface area (Å²) < 4.78 is 22.2. The lowest BCUT2D eigenvalue weighted by Gasteiger charge is -2.37. The van der Waals surface area contributed by atoms with Crippen LogP contribution < -0.4 is 10.9 Å². The van der Waals surface area contributed by atoms with E-state index in [1.807, 2.05) is 6.92 Å². The van der Waals surface area contributed by atoms with Gasteiger partial charge < -0.3 is 24.8 Å². The van der Waals surface area contributed by atoms with Crippen LogP contribution >= 0.6 is 0 Å². The number of fused-ring (bicyclic) bond motifs is 5. The summed E-state index contributed by atoms with van der Waals surface area (Å²) >= 11 is 0. The molecule has 0 radical (unpaired) electrons. The number of ether oxygens (including phenoxy) is 1. The number of pyridine rings is 2. The predicted octanol–water partition coefficient (Wildman–Crippen LogP) is 3.70. The van der Waals surface area contributed by atoms with E-state index in [0.717, 1.165) is 67.3 Å². The molecule has 4 aliphatic rings. The van der Waals surface area contributed by atoms with E-state index >= 15 is 4.39 Å². The quantitative estimate of drug-likeness (QED) is 0.295. The molecule has 0 spiro atoms.